The fraction of sp³-hybridized carbons (Fsp3) is 0.588. The Morgan fingerprint density at radius 3 is 2.25 bits per heavy atom. The Kier molecular flexibility index (Phi) is 5.31. The van der Waals surface area contributed by atoms with Crippen molar-refractivity contribution in [3.63, 3.8) is 0 Å². The average Bonchev–Trinajstić information content (AvgIpc) is 3.13. The van der Waals surface area contributed by atoms with E-state index in [1.165, 1.54) is 12.0 Å². The lowest BCUT2D eigenvalue weighted by Gasteiger charge is -2.27. The number of hydrogen-bond acceptors (Lipinski definition) is 6. The van der Waals surface area contributed by atoms with Crippen molar-refractivity contribution in [2.45, 2.75) is 44.9 Å². The number of hydrogen-bond donors (Lipinski definition) is 0. The predicted octanol–water partition coefficient (Wildman–Crippen LogP) is 1.82. The SMILES string of the molecule is COC(=O)[C@@H]1C[C@@H](OC(=O)C2C=CC=C2)CN1C(=O)OC(C)(C)C. The summed E-state index contributed by atoms with van der Waals surface area (Å²) in [6.45, 7) is 5.32. The number of nitrogens with zero attached hydrogens (tertiary/aromatic N) is 1. The molecule has 0 unspecified atom stereocenters. The highest BCUT2D eigenvalue weighted by Gasteiger charge is 2.44. The van der Waals surface area contributed by atoms with Crippen molar-refractivity contribution in [1.29, 1.82) is 0 Å². The Labute approximate surface area is 141 Å². The van der Waals surface area contributed by atoms with E-state index < -0.39 is 41.7 Å². The maximum Gasteiger partial charge on any atom is 0.411 e. The van der Waals surface area contributed by atoms with Crippen molar-refractivity contribution in [2.75, 3.05) is 13.7 Å². The zero-order valence-electron chi connectivity index (χ0n) is 14.4. The third kappa shape index (κ3) is 4.37. The molecule has 1 fully saturated rings. The molecule has 0 radical (unpaired) electrons. The molecule has 132 valence electrons. The van der Waals surface area contributed by atoms with Gasteiger partial charge in [0.25, 0.3) is 0 Å². The molecule has 0 spiro atoms. The molecule has 0 bridgehead atoms. The van der Waals surface area contributed by atoms with Gasteiger partial charge in [0.2, 0.25) is 0 Å². The zero-order chi connectivity index (χ0) is 17.9. The van der Waals surface area contributed by atoms with Crippen molar-refractivity contribution < 1.29 is 28.6 Å². The first kappa shape index (κ1) is 18.0. The second kappa shape index (κ2) is 7.07. The van der Waals surface area contributed by atoms with Gasteiger partial charge in [0.15, 0.2) is 0 Å². The summed E-state index contributed by atoms with van der Waals surface area (Å²) in [5.74, 6) is -1.38. The molecule has 1 aliphatic heterocycles. The number of carbonyl (C=O) groups is 3. The minimum atomic E-state index is -0.822. The van der Waals surface area contributed by atoms with E-state index in [2.05, 4.69) is 0 Å². The molecule has 1 saturated heterocycles. The largest absolute Gasteiger partial charge is 0.467 e. The van der Waals surface area contributed by atoms with Gasteiger partial charge in [-0.05, 0) is 20.8 Å². The second-order valence-corrected chi connectivity index (χ2v) is 6.76. The first-order valence-electron chi connectivity index (χ1n) is 7.84. The Balaban J connectivity index is 2.04. The van der Waals surface area contributed by atoms with Crippen molar-refractivity contribution in [2.24, 2.45) is 5.92 Å². The molecule has 1 heterocycles. The van der Waals surface area contributed by atoms with Gasteiger partial charge < -0.3 is 14.2 Å². The van der Waals surface area contributed by atoms with Crippen LogP contribution in [-0.2, 0) is 23.8 Å². The summed E-state index contributed by atoms with van der Waals surface area (Å²) in [5.41, 5.74) is -0.689. The van der Waals surface area contributed by atoms with Gasteiger partial charge in [0, 0.05) is 6.42 Å². The van der Waals surface area contributed by atoms with Crippen LogP contribution in [0.15, 0.2) is 24.3 Å². The molecule has 1 aliphatic carbocycles. The number of amides is 1. The topological polar surface area (TPSA) is 82.1 Å². The number of rotatable bonds is 3. The number of carbonyl (C=O) groups excluding carboxylic acids is 3. The fourth-order valence-electron chi connectivity index (χ4n) is 2.60. The van der Waals surface area contributed by atoms with Crippen LogP contribution in [0.3, 0.4) is 0 Å². The molecule has 0 aromatic carbocycles. The van der Waals surface area contributed by atoms with Gasteiger partial charge in [0.1, 0.15) is 17.7 Å². The number of likely N-dealkylation sites (tertiary alicyclic amines) is 1. The Morgan fingerprint density at radius 2 is 1.71 bits per heavy atom. The average molecular weight is 337 g/mol. The van der Waals surface area contributed by atoms with Crippen molar-refractivity contribution in [3.05, 3.63) is 24.3 Å². The summed E-state index contributed by atoms with van der Waals surface area (Å²) in [7, 11) is 1.25. The predicted molar refractivity (Wildman–Crippen MR) is 85.0 cm³/mol. The van der Waals surface area contributed by atoms with Gasteiger partial charge in [0.05, 0.1) is 19.6 Å². The molecule has 1 amide bonds. The molecule has 2 aliphatic rings. The second-order valence-electron chi connectivity index (χ2n) is 6.76. The van der Waals surface area contributed by atoms with E-state index in [9.17, 15) is 14.4 Å². The Morgan fingerprint density at radius 1 is 1.08 bits per heavy atom. The summed E-state index contributed by atoms with van der Waals surface area (Å²) in [6.07, 6.45) is 5.98. The molecule has 2 atom stereocenters. The summed E-state index contributed by atoms with van der Waals surface area (Å²) in [5, 5.41) is 0. The van der Waals surface area contributed by atoms with Crippen molar-refractivity contribution >= 4 is 18.0 Å². The maximum atomic E-state index is 12.3. The van der Waals surface area contributed by atoms with Crippen LogP contribution in [0, 0.1) is 5.92 Å². The summed E-state index contributed by atoms with van der Waals surface area (Å²) < 4.78 is 15.5. The van der Waals surface area contributed by atoms with Crippen LogP contribution in [0.4, 0.5) is 4.79 Å². The van der Waals surface area contributed by atoms with E-state index >= 15 is 0 Å². The smallest absolute Gasteiger partial charge is 0.411 e. The minimum absolute atomic E-state index is 0.0978. The van der Waals surface area contributed by atoms with Crippen LogP contribution in [0.5, 0.6) is 0 Å². The third-order valence-corrected chi connectivity index (χ3v) is 3.67. The lowest BCUT2D eigenvalue weighted by atomic mass is 10.1. The van der Waals surface area contributed by atoms with Crippen LogP contribution in [0.25, 0.3) is 0 Å². The van der Waals surface area contributed by atoms with E-state index in [4.69, 9.17) is 14.2 Å². The summed E-state index contributed by atoms with van der Waals surface area (Å²) in [6, 6.07) is -0.822. The van der Waals surface area contributed by atoms with Crippen LogP contribution < -0.4 is 0 Å². The monoisotopic (exact) mass is 337 g/mol. The molecule has 0 saturated carbocycles. The number of ether oxygens (including phenoxy) is 3. The molecule has 0 N–H and O–H groups in total. The lowest BCUT2D eigenvalue weighted by Crippen LogP contribution is -2.44. The first-order chi connectivity index (χ1) is 11.2. The Hall–Kier alpha value is -2.31. The minimum Gasteiger partial charge on any atom is -0.467 e. The number of allylic oxidation sites excluding steroid dienone is 2. The van der Waals surface area contributed by atoms with E-state index in [0.29, 0.717) is 0 Å². The quantitative estimate of drug-likeness (QED) is 0.577. The standard InChI is InChI=1S/C17H23NO6/c1-17(2,3)24-16(21)18-10-12(9-13(18)15(20)22-4)23-14(19)11-7-5-6-8-11/h5-8,11-13H,9-10H2,1-4H3/t12-,13+/m1/s1. The van der Waals surface area contributed by atoms with E-state index in [0.717, 1.165) is 0 Å². The molecular formula is C17H23NO6. The maximum absolute atomic E-state index is 12.3. The molecule has 0 aromatic heterocycles. The highest BCUT2D eigenvalue weighted by atomic mass is 16.6. The van der Waals surface area contributed by atoms with Gasteiger partial charge in [-0.2, -0.15) is 0 Å². The first-order valence-corrected chi connectivity index (χ1v) is 7.84. The highest BCUT2D eigenvalue weighted by Crippen LogP contribution is 2.25. The summed E-state index contributed by atoms with van der Waals surface area (Å²) >= 11 is 0. The molecule has 7 heteroatoms. The van der Waals surface area contributed by atoms with Crippen LogP contribution in [-0.4, -0.2) is 54.3 Å². The molecule has 0 aromatic rings. The van der Waals surface area contributed by atoms with Crippen molar-refractivity contribution in [1.82, 2.24) is 4.90 Å². The number of esters is 2. The van der Waals surface area contributed by atoms with Crippen molar-refractivity contribution in [3.8, 4) is 0 Å². The highest BCUT2D eigenvalue weighted by molar-refractivity contribution is 5.83. The van der Waals surface area contributed by atoms with Gasteiger partial charge in [-0.3, -0.25) is 9.69 Å². The lowest BCUT2D eigenvalue weighted by molar-refractivity contribution is -0.151. The summed E-state index contributed by atoms with van der Waals surface area (Å²) in [4.78, 5) is 37.6. The van der Waals surface area contributed by atoms with E-state index in [1.54, 1.807) is 45.1 Å². The van der Waals surface area contributed by atoms with Gasteiger partial charge in [-0.1, -0.05) is 24.3 Å². The third-order valence-electron chi connectivity index (χ3n) is 3.67. The van der Waals surface area contributed by atoms with Gasteiger partial charge in [-0.25, -0.2) is 9.59 Å². The molecule has 24 heavy (non-hydrogen) atoms. The molecule has 2 rings (SSSR count). The Bertz CT molecular complexity index is 562. The molecule has 7 nitrogen and oxygen atoms in total. The fourth-order valence-corrected chi connectivity index (χ4v) is 2.60. The van der Waals surface area contributed by atoms with Gasteiger partial charge >= 0.3 is 18.0 Å². The molecular weight excluding hydrogens is 314 g/mol. The zero-order valence-corrected chi connectivity index (χ0v) is 14.4. The normalized spacial score (nSPS) is 23.4. The van der Waals surface area contributed by atoms with E-state index in [1.807, 2.05) is 0 Å². The van der Waals surface area contributed by atoms with Crippen LogP contribution >= 0.6 is 0 Å². The van der Waals surface area contributed by atoms with E-state index in [-0.39, 0.29) is 13.0 Å². The number of methoxy groups -OCH3 is 1. The van der Waals surface area contributed by atoms with Gasteiger partial charge in [-0.15, -0.1) is 0 Å². The van der Waals surface area contributed by atoms with Crippen LogP contribution in [0.1, 0.15) is 27.2 Å². The van der Waals surface area contributed by atoms with Crippen LogP contribution in [0.2, 0.25) is 0 Å².